The Hall–Kier alpha value is -2.55. The zero-order valence-corrected chi connectivity index (χ0v) is 14.7. The number of rotatable bonds is 6. The summed E-state index contributed by atoms with van der Waals surface area (Å²) in [5, 5.41) is 17.0. The van der Waals surface area contributed by atoms with Gasteiger partial charge >= 0.3 is 0 Å². The average molecular weight is 348 g/mol. The van der Waals surface area contributed by atoms with Crippen molar-refractivity contribution in [2.24, 2.45) is 0 Å². The number of hydrogen-bond donors (Lipinski definition) is 2. The van der Waals surface area contributed by atoms with Crippen LogP contribution in [0.25, 0.3) is 0 Å². The molecule has 0 aliphatic heterocycles. The molecule has 128 valence electrons. The van der Waals surface area contributed by atoms with Gasteiger partial charge in [-0.1, -0.05) is 18.1 Å². The molecule has 0 spiro atoms. The monoisotopic (exact) mass is 348 g/mol. The lowest BCUT2D eigenvalue weighted by molar-refractivity contribution is -0.121. The van der Waals surface area contributed by atoms with Crippen LogP contribution in [0.4, 0.5) is 5.95 Å². The van der Waals surface area contributed by atoms with E-state index in [4.69, 9.17) is 17.0 Å². The molecule has 8 nitrogen and oxygen atoms in total. The van der Waals surface area contributed by atoms with Gasteiger partial charge in [0.2, 0.25) is 0 Å². The first kappa shape index (κ1) is 17.8. The number of thiocarbonyl (C=S) groups is 1. The molecule has 0 saturated carbocycles. The van der Waals surface area contributed by atoms with Gasteiger partial charge in [-0.05, 0) is 61.0 Å². The van der Waals surface area contributed by atoms with Gasteiger partial charge in [-0.15, -0.1) is 5.10 Å². The fourth-order valence-corrected chi connectivity index (χ4v) is 2.04. The largest absolute Gasteiger partial charge is 0.484 e. The van der Waals surface area contributed by atoms with E-state index in [9.17, 15) is 4.79 Å². The van der Waals surface area contributed by atoms with Crippen LogP contribution >= 0.6 is 12.2 Å². The third kappa shape index (κ3) is 5.27. The normalized spacial score (nSPS) is 10.3. The van der Waals surface area contributed by atoms with Crippen molar-refractivity contribution in [3.05, 3.63) is 29.3 Å². The summed E-state index contributed by atoms with van der Waals surface area (Å²) in [5.74, 6) is 0.506. The summed E-state index contributed by atoms with van der Waals surface area (Å²) in [7, 11) is 0. The number of carbonyl (C=O) groups is 1. The Morgan fingerprint density at radius 2 is 2.12 bits per heavy atom. The molecule has 0 saturated heterocycles. The minimum atomic E-state index is -0.369. The van der Waals surface area contributed by atoms with Crippen LogP contribution in [-0.4, -0.2) is 37.8 Å². The maximum atomic E-state index is 11.9. The standard InChI is InChI=1S/C15H20N6O2S/c1-4-7-21-19-14(18-20-21)17-15(24)16-13(22)9-23-12-6-5-10(2)11(3)8-12/h5-6,8H,4,7,9H2,1-3H3,(H2,16,17,19,22,24). The number of nitrogens with one attached hydrogen (secondary N) is 2. The summed E-state index contributed by atoms with van der Waals surface area (Å²) in [5.41, 5.74) is 2.27. The maximum Gasteiger partial charge on any atom is 0.269 e. The van der Waals surface area contributed by atoms with Gasteiger partial charge in [0.1, 0.15) is 5.75 Å². The summed E-state index contributed by atoms with van der Waals surface area (Å²) in [6.45, 7) is 6.54. The molecule has 9 heteroatoms. The second-order valence-electron chi connectivity index (χ2n) is 5.25. The van der Waals surface area contributed by atoms with Gasteiger partial charge in [0.25, 0.3) is 11.9 Å². The number of anilines is 1. The molecule has 0 unspecified atom stereocenters. The predicted octanol–water partition coefficient (Wildman–Crippen LogP) is 1.59. The number of aromatic nitrogens is 4. The highest BCUT2D eigenvalue weighted by Crippen LogP contribution is 2.16. The first-order chi connectivity index (χ1) is 11.5. The molecule has 24 heavy (non-hydrogen) atoms. The quantitative estimate of drug-likeness (QED) is 0.766. The van der Waals surface area contributed by atoms with E-state index in [-0.39, 0.29) is 23.6 Å². The van der Waals surface area contributed by atoms with E-state index in [0.29, 0.717) is 12.3 Å². The molecule has 0 radical (unpaired) electrons. The number of aryl methyl sites for hydroxylation is 3. The molecule has 0 aliphatic carbocycles. The van der Waals surface area contributed by atoms with E-state index in [2.05, 4.69) is 26.0 Å². The van der Waals surface area contributed by atoms with Crippen molar-refractivity contribution >= 4 is 29.2 Å². The highest BCUT2D eigenvalue weighted by molar-refractivity contribution is 7.80. The SMILES string of the molecule is CCCn1nnc(NC(=S)NC(=O)COc2ccc(C)c(C)c2)n1. The van der Waals surface area contributed by atoms with E-state index in [1.165, 1.54) is 10.4 Å². The van der Waals surface area contributed by atoms with Crippen LogP contribution < -0.4 is 15.4 Å². The second kappa shape index (κ2) is 8.34. The molecule has 0 bridgehead atoms. The number of tetrazole rings is 1. The summed E-state index contributed by atoms with van der Waals surface area (Å²) in [6, 6.07) is 5.65. The summed E-state index contributed by atoms with van der Waals surface area (Å²) in [4.78, 5) is 13.3. The lowest BCUT2D eigenvalue weighted by Crippen LogP contribution is -2.37. The van der Waals surface area contributed by atoms with Crippen molar-refractivity contribution in [2.45, 2.75) is 33.7 Å². The van der Waals surface area contributed by atoms with E-state index in [1.807, 2.05) is 39.0 Å². The summed E-state index contributed by atoms with van der Waals surface area (Å²) in [6.07, 6.45) is 0.896. The fraction of sp³-hybridized carbons (Fsp3) is 0.400. The minimum Gasteiger partial charge on any atom is -0.484 e. The molecule has 2 rings (SSSR count). The maximum absolute atomic E-state index is 11.9. The third-order valence-electron chi connectivity index (χ3n) is 3.20. The van der Waals surface area contributed by atoms with Crippen LogP contribution in [0.15, 0.2) is 18.2 Å². The van der Waals surface area contributed by atoms with Crippen molar-refractivity contribution < 1.29 is 9.53 Å². The van der Waals surface area contributed by atoms with Gasteiger partial charge in [-0.3, -0.25) is 15.4 Å². The fourth-order valence-electron chi connectivity index (χ4n) is 1.84. The molecular weight excluding hydrogens is 328 g/mol. The van der Waals surface area contributed by atoms with E-state index in [0.717, 1.165) is 12.0 Å². The predicted molar refractivity (Wildman–Crippen MR) is 93.9 cm³/mol. The van der Waals surface area contributed by atoms with Crippen LogP contribution in [0.2, 0.25) is 0 Å². The average Bonchev–Trinajstić information content (AvgIpc) is 2.96. The molecule has 1 aromatic carbocycles. The molecule has 2 N–H and O–H groups in total. The Morgan fingerprint density at radius 1 is 1.33 bits per heavy atom. The topological polar surface area (TPSA) is 94.0 Å². The molecule has 0 atom stereocenters. The van der Waals surface area contributed by atoms with Crippen LogP contribution in [0.1, 0.15) is 24.5 Å². The van der Waals surface area contributed by atoms with Gasteiger partial charge in [-0.25, -0.2) is 0 Å². The highest BCUT2D eigenvalue weighted by Gasteiger charge is 2.09. The van der Waals surface area contributed by atoms with Crippen molar-refractivity contribution in [1.29, 1.82) is 0 Å². The zero-order valence-electron chi connectivity index (χ0n) is 13.9. The Bertz CT molecular complexity index is 731. The molecule has 2 aromatic rings. The van der Waals surface area contributed by atoms with Crippen LogP contribution in [0, 0.1) is 13.8 Å². The first-order valence-corrected chi connectivity index (χ1v) is 7.97. The highest BCUT2D eigenvalue weighted by atomic mass is 32.1. The smallest absolute Gasteiger partial charge is 0.269 e. The zero-order chi connectivity index (χ0) is 17.5. The molecule has 1 amide bonds. The van der Waals surface area contributed by atoms with Crippen molar-refractivity contribution in [2.75, 3.05) is 11.9 Å². The number of benzene rings is 1. The Morgan fingerprint density at radius 3 is 2.83 bits per heavy atom. The van der Waals surface area contributed by atoms with Gasteiger partial charge < -0.3 is 4.74 Å². The number of ether oxygens (including phenoxy) is 1. The van der Waals surface area contributed by atoms with Gasteiger partial charge in [0, 0.05) is 0 Å². The Labute approximate surface area is 145 Å². The van der Waals surface area contributed by atoms with Crippen molar-refractivity contribution in [3.63, 3.8) is 0 Å². The number of nitrogens with zero attached hydrogens (tertiary/aromatic N) is 4. The summed E-state index contributed by atoms with van der Waals surface area (Å²) >= 11 is 5.04. The van der Waals surface area contributed by atoms with Gasteiger partial charge in [-0.2, -0.15) is 4.80 Å². The van der Waals surface area contributed by atoms with E-state index >= 15 is 0 Å². The van der Waals surface area contributed by atoms with Crippen molar-refractivity contribution in [3.8, 4) is 5.75 Å². The second-order valence-corrected chi connectivity index (χ2v) is 5.65. The van der Waals surface area contributed by atoms with Crippen LogP contribution in [0.5, 0.6) is 5.75 Å². The van der Waals surface area contributed by atoms with Gasteiger partial charge in [0.05, 0.1) is 6.54 Å². The third-order valence-corrected chi connectivity index (χ3v) is 3.41. The number of amides is 1. The molecular formula is C15H20N6O2S. The Balaban J connectivity index is 1.78. The molecule has 1 heterocycles. The first-order valence-electron chi connectivity index (χ1n) is 7.56. The van der Waals surface area contributed by atoms with Crippen LogP contribution in [0.3, 0.4) is 0 Å². The van der Waals surface area contributed by atoms with Crippen LogP contribution in [-0.2, 0) is 11.3 Å². The van der Waals surface area contributed by atoms with E-state index < -0.39 is 0 Å². The lowest BCUT2D eigenvalue weighted by atomic mass is 10.1. The van der Waals surface area contributed by atoms with Crippen molar-refractivity contribution in [1.82, 2.24) is 25.5 Å². The minimum absolute atomic E-state index is 0.0970. The molecule has 1 aromatic heterocycles. The molecule has 0 aliphatic rings. The van der Waals surface area contributed by atoms with Gasteiger partial charge in [0.15, 0.2) is 11.7 Å². The number of hydrogen-bond acceptors (Lipinski definition) is 6. The lowest BCUT2D eigenvalue weighted by Gasteiger charge is -2.09. The van der Waals surface area contributed by atoms with E-state index in [1.54, 1.807) is 0 Å². The summed E-state index contributed by atoms with van der Waals surface area (Å²) < 4.78 is 5.44. The Kier molecular flexibility index (Phi) is 6.19. The molecule has 0 fully saturated rings. The number of carbonyl (C=O) groups excluding carboxylic acids is 1.